The number of aliphatic hydroxyl groups is 1. The van der Waals surface area contributed by atoms with Gasteiger partial charge in [-0.1, -0.05) is 26.0 Å². The van der Waals surface area contributed by atoms with Gasteiger partial charge in [0.05, 0.1) is 23.6 Å². The number of alkyl carbamates (subject to hydrolysis) is 1. The van der Waals surface area contributed by atoms with Gasteiger partial charge in [0, 0.05) is 19.2 Å². The molecule has 0 radical (unpaired) electrons. The zero-order valence-electron chi connectivity index (χ0n) is 25.0. The minimum atomic E-state index is -4.07. The van der Waals surface area contributed by atoms with Crippen molar-refractivity contribution in [1.82, 2.24) is 14.9 Å². The Kier molecular flexibility index (Phi) is 11.5. The van der Waals surface area contributed by atoms with Crippen molar-refractivity contribution in [1.29, 1.82) is 0 Å². The van der Waals surface area contributed by atoms with Gasteiger partial charge in [0.2, 0.25) is 16.8 Å². The summed E-state index contributed by atoms with van der Waals surface area (Å²) in [6.07, 6.45) is -3.17. The molecule has 2 atom stereocenters. The van der Waals surface area contributed by atoms with Crippen LogP contribution in [0.25, 0.3) is 0 Å². The van der Waals surface area contributed by atoms with Gasteiger partial charge in [0.1, 0.15) is 18.0 Å². The van der Waals surface area contributed by atoms with E-state index in [9.17, 15) is 28.2 Å². The molecule has 13 nitrogen and oxygen atoms in total. The van der Waals surface area contributed by atoms with E-state index in [1.165, 1.54) is 18.2 Å². The van der Waals surface area contributed by atoms with E-state index in [4.69, 9.17) is 18.9 Å². The monoisotopic (exact) mass is 623 g/mol. The number of aliphatic hydroxyl groups excluding tert-OH is 1. The summed E-state index contributed by atoms with van der Waals surface area (Å²) in [5, 5.41) is 25.5. The Morgan fingerprint density at radius 2 is 1.72 bits per heavy atom. The first-order valence-electron chi connectivity index (χ1n) is 13.9. The fourth-order valence-corrected chi connectivity index (χ4v) is 5.89. The molecule has 0 fully saturated rings. The minimum Gasteiger partial charge on any atom is -0.492 e. The van der Waals surface area contributed by atoms with Crippen LogP contribution in [0.5, 0.6) is 17.2 Å². The van der Waals surface area contributed by atoms with Gasteiger partial charge in [-0.05, 0) is 62.9 Å². The quantitative estimate of drug-likeness (QED) is 0.229. The average molecular weight is 624 g/mol. The predicted octanol–water partition coefficient (Wildman–Crippen LogP) is 3.21. The molecule has 0 spiro atoms. The van der Waals surface area contributed by atoms with Crippen LogP contribution in [0.2, 0.25) is 0 Å². The number of carbonyl (C=O) groups excluding carboxylic acids is 1. The van der Waals surface area contributed by atoms with Crippen LogP contribution in [0.1, 0.15) is 40.2 Å². The molecule has 3 rings (SSSR count). The third-order valence-electron chi connectivity index (χ3n) is 6.13. The fourth-order valence-electron chi connectivity index (χ4n) is 4.25. The maximum Gasteiger partial charge on any atom is 0.407 e. The SMILES string of the molecule is CC(C)CN(C[C@@H](O)[C@H](Cc1ccc(OCCNC(=O)OC(C)(C)C)cc1)NC(=O)O)S(=O)(=O)c1ccc2c(c1)OCO2. The van der Waals surface area contributed by atoms with Gasteiger partial charge >= 0.3 is 12.2 Å². The van der Waals surface area contributed by atoms with Gasteiger partial charge in [0.15, 0.2) is 11.5 Å². The van der Waals surface area contributed by atoms with E-state index in [0.29, 0.717) is 22.8 Å². The number of benzene rings is 2. The lowest BCUT2D eigenvalue weighted by molar-refractivity contribution is 0.0520. The summed E-state index contributed by atoms with van der Waals surface area (Å²) in [5.74, 6) is 1.20. The lowest BCUT2D eigenvalue weighted by Gasteiger charge is -2.30. The first-order valence-corrected chi connectivity index (χ1v) is 15.3. The lowest BCUT2D eigenvalue weighted by atomic mass is 10.0. The molecule has 0 saturated heterocycles. The third-order valence-corrected chi connectivity index (χ3v) is 7.96. The van der Waals surface area contributed by atoms with E-state index in [1.54, 1.807) is 45.0 Å². The smallest absolute Gasteiger partial charge is 0.407 e. The third kappa shape index (κ3) is 10.5. The number of hydrogen-bond acceptors (Lipinski definition) is 9. The summed E-state index contributed by atoms with van der Waals surface area (Å²) in [4.78, 5) is 23.3. The standard InChI is InChI=1S/C29H41N3O10S/c1-19(2)16-32(43(37,38)22-10-11-25-26(15-22)41-18-40-25)17-24(33)23(31-27(34)35)14-20-6-8-21(9-7-20)39-13-12-30-28(36)42-29(3,4)5/h6-11,15,19,23-24,31,33H,12-14,16-18H2,1-5H3,(H,30,36)(H,34,35)/t23-,24+/m0/s1. The molecule has 0 bridgehead atoms. The molecule has 0 unspecified atom stereocenters. The molecule has 1 aliphatic rings. The van der Waals surface area contributed by atoms with Crippen molar-refractivity contribution in [3.8, 4) is 17.2 Å². The number of rotatable bonds is 14. The number of carboxylic acid groups (broad SMARTS) is 1. The van der Waals surface area contributed by atoms with E-state index in [2.05, 4.69) is 10.6 Å². The largest absolute Gasteiger partial charge is 0.492 e. The topological polar surface area (TPSA) is 173 Å². The molecule has 2 amide bonds. The molecule has 2 aromatic carbocycles. The Morgan fingerprint density at radius 1 is 1.05 bits per heavy atom. The number of nitrogens with zero attached hydrogens (tertiary/aromatic N) is 1. The summed E-state index contributed by atoms with van der Waals surface area (Å²) < 4.78 is 49.7. The maximum absolute atomic E-state index is 13.6. The Morgan fingerprint density at radius 3 is 2.35 bits per heavy atom. The lowest BCUT2D eigenvalue weighted by Crippen LogP contribution is -2.50. The molecule has 0 aliphatic carbocycles. The Bertz CT molecular complexity index is 1340. The molecule has 0 saturated carbocycles. The number of sulfonamides is 1. The van der Waals surface area contributed by atoms with E-state index in [0.717, 1.165) is 4.31 Å². The molecule has 1 heterocycles. The normalized spacial score (nSPS) is 14.3. The zero-order chi connectivity index (χ0) is 31.8. The Balaban J connectivity index is 1.65. The Hall–Kier alpha value is -3.75. The first kappa shape index (κ1) is 33.7. The fraction of sp³-hybridized carbons (Fsp3) is 0.517. The summed E-state index contributed by atoms with van der Waals surface area (Å²) in [5.41, 5.74) is 0.0848. The number of hydrogen-bond donors (Lipinski definition) is 4. The van der Waals surface area contributed by atoms with E-state index >= 15 is 0 Å². The minimum absolute atomic E-state index is 0.00575. The van der Waals surface area contributed by atoms with E-state index in [1.807, 2.05) is 13.8 Å². The second-order valence-corrected chi connectivity index (χ2v) is 13.4. The highest BCUT2D eigenvalue weighted by molar-refractivity contribution is 7.89. The zero-order valence-corrected chi connectivity index (χ0v) is 25.8. The predicted molar refractivity (Wildman–Crippen MR) is 157 cm³/mol. The number of ether oxygens (including phenoxy) is 4. The van der Waals surface area contributed by atoms with Crippen LogP contribution in [-0.2, 0) is 21.2 Å². The molecular weight excluding hydrogens is 582 g/mol. The van der Waals surface area contributed by atoms with Crippen LogP contribution in [-0.4, -0.2) is 85.9 Å². The number of nitrogens with one attached hydrogen (secondary N) is 2. The van der Waals surface area contributed by atoms with Gasteiger partial charge in [-0.2, -0.15) is 4.31 Å². The van der Waals surface area contributed by atoms with Crippen molar-refractivity contribution in [3.05, 3.63) is 48.0 Å². The number of amides is 2. The Labute approximate surface area is 252 Å². The molecule has 1 aliphatic heterocycles. The maximum atomic E-state index is 13.6. The number of carbonyl (C=O) groups is 2. The highest BCUT2D eigenvalue weighted by Gasteiger charge is 2.32. The van der Waals surface area contributed by atoms with Crippen molar-refractivity contribution in [2.24, 2.45) is 5.92 Å². The van der Waals surface area contributed by atoms with Crippen molar-refractivity contribution in [3.63, 3.8) is 0 Å². The van der Waals surface area contributed by atoms with Crippen LogP contribution >= 0.6 is 0 Å². The molecular formula is C29H41N3O10S. The van der Waals surface area contributed by atoms with Crippen molar-refractivity contribution in [2.75, 3.05) is 33.0 Å². The van der Waals surface area contributed by atoms with Crippen molar-refractivity contribution >= 4 is 22.2 Å². The van der Waals surface area contributed by atoms with Crippen LogP contribution in [0.15, 0.2) is 47.4 Å². The highest BCUT2D eigenvalue weighted by Crippen LogP contribution is 2.35. The molecule has 43 heavy (non-hydrogen) atoms. The van der Waals surface area contributed by atoms with E-state index < -0.39 is 40.0 Å². The van der Waals surface area contributed by atoms with Gasteiger partial charge in [0.25, 0.3) is 0 Å². The first-order chi connectivity index (χ1) is 20.1. The van der Waals surface area contributed by atoms with Gasteiger partial charge < -0.3 is 39.8 Å². The van der Waals surface area contributed by atoms with Crippen LogP contribution < -0.4 is 24.8 Å². The van der Waals surface area contributed by atoms with Crippen molar-refractivity contribution < 1.29 is 47.2 Å². The summed E-state index contributed by atoms with van der Waals surface area (Å²) in [7, 11) is -4.07. The van der Waals surface area contributed by atoms with Crippen LogP contribution in [0.4, 0.5) is 9.59 Å². The average Bonchev–Trinajstić information content (AvgIpc) is 3.38. The summed E-state index contributed by atoms with van der Waals surface area (Å²) in [6.45, 7) is 9.18. The molecule has 238 valence electrons. The van der Waals surface area contributed by atoms with Gasteiger partial charge in [-0.3, -0.25) is 0 Å². The molecule has 14 heteroatoms. The van der Waals surface area contributed by atoms with Crippen LogP contribution in [0.3, 0.4) is 0 Å². The number of fused-ring (bicyclic) bond motifs is 1. The van der Waals surface area contributed by atoms with Gasteiger partial charge in [-0.15, -0.1) is 0 Å². The highest BCUT2D eigenvalue weighted by atomic mass is 32.2. The molecule has 2 aromatic rings. The van der Waals surface area contributed by atoms with Crippen LogP contribution in [0, 0.1) is 5.92 Å². The second kappa shape index (κ2) is 14.6. The summed E-state index contributed by atoms with van der Waals surface area (Å²) in [6, 6.07) is 10.1. The summed E-state index contributed by atoms with van der Waals surface area (Å²) >= 11 is 0. The van der Waals surface area contributed by atoms with Gasteiger partial charge in [-0.25, -0.2) is 18.0 Å². The molecule has 4 N–H and O–H groups in total. The molecule has 0 aromatic heterocycles. The van der Waals surface area contributed by atoms with E-state index in [-0.39, 0.29) is 50.3 Å². The second-order valence-electron chi connectivity index (χ2n) is 11.5. The van der Waals surface area contributed by atoms with Crippen molar-refractivity contribution in [2.45, 2.75) is 63.7 Å².